The van der Waals surface area contributed by atoms with Gasteiger partial charge >= 0.3 is 5.97 Å². The van der Waals surface area contributed by atoms with Crippen LogP contribution < -0.4 is 10.6 Å². The van der Waals surface area contributed by atoms with E-state index in [0.29, 0.717) is 43.1 Å². The summed E-state index contributed by atoms with van der Waals surface area (Å²) in [5, 5.41) is 17.7. The first-order valence-electron chi connectivity index (χ1n) is 11.0. The van der Waals surface area contributed by atoms with Crippen molar-refractivity contribution in [3.63, 3.8) is 0 Å². The van der Waals surface area contributed by atoms with Gasteiger partial charge < -0.3 is 15.7 Å². The predicted molar refractivity (Wildman–Crippen MR) is 130 cm³/mol. The van der Waals surface area contributed by atoms with E-state index in [1.807, 2.05) is 47.4 Å². The summed E-state index contributed by atoms with van der Waals surface area (Å²) in [6.45, 7) is 1.53. The Balaban J connectivity index is 1.35. The van der Waals surface area contributed by atoms with Crippen molar-refractivity contribution in [2.45, 2.75) is 13.0 Å². The molecule has 10 heteroatoms. The highest BCUT2D eigenvalue weighted by Gasteiger charge is 2.28. The molecule has 3 aromatic heterocycles. The van der Waals surface area contributed by atoms with E-state index >= 15 is 0 Å². The van der Waals surface area contributed by atoms with Crippen molar-refractivity contribution in [3.05, 3.63) is 66.0 Å². The average molecular weight is 467 g/mol. The zero-order chi connectivity index (χ0) is 24.4. The zero-order valence-electron chi connectivity index (χ0n) is 18.7. The number of nitrogens with zero attached hydrogens (tertiary/aromatic N) is 7. The molecule has 0 radical (unpaired) electrons. The van der Waals surface area contributed by atoms with Crippen LogP contribution in [0.3, 0.4) is 0 Å². The van der Waals surface area contributed by atoms with Crippen LogP contribution in [0, 0.1) is 18.3 Å². The number of hydrogen-bond donors (Lipinski definition) is 2. The molecule has 4 heterocycles. The van der Waals surface area contributed by atoms with Crippen LogP contribution in [-0.2, 0) is 11.3 Å². The van der Waals surface area contributed by atoms with Gasteiger partial charge in [-0.1, -0.05) is 29.3 Å². The molecule has 0 saturated carbocycles. The summed E-state index contributed by atoms with van der Waals surface area (Å²) < 4.78 is 1.67. The maximum Gasteiger partial charge on any atom is 0.308 e. The Labute approximate surface area is 201 Å². The number of terminal acetylenes is 1. The Morgan fingerprint density at radius 1 is 1.11 bits per heavy atom. The van der Waals surface area contributed by atoms with Gasteiger partial charge in [0.15, 0.2) is 0 Å². The van der Waals surface area contributed by atoms with E-state index in [1.54, 1.807) is 16.9 Å². The van der Waals surface area contributed by atoms with Crippen LogP contribution in [0.1, 0.15) is 17.7 Å². The third-order valence-corrected chi connectivity index (χ3v) is 5.85. The fraction of sp³-hybridized carbons (Fsp3) is 0.200. The quantitative estimate of drug-likeness (QED) is 0.410. The number of hydrogen-bond acceptors (Lipinski definition) is 8. The minimum Gasteiger partial charge on any atom is -0.481 e. The van der Waals surface area contributed by atoms with E-state index in [0.717, 1.165) is 22.6 Å². The number of nitrogen functional groups attached to an aromatic ring is 1. The maximum atomic E-state index is 11.3. The molecule has 0 spiro atoms. The maximum absolute atomic E-state index is 11.3. The standard InChI is InChI=1S/C25H22N8O2/c1-2-16-5-3-6-17(11-16)20-12-21(29-25(26)28-20)22-15-33(31-30-22)14-19-7-4-8-23(27-19)32-10-9-18(13-32)24(34)35/h1,3-8,11-12,15,18H,9-10,13-14H2,(H,34,35)(H2,26,28,29). The highest BCUT2D eigenvalue weighted by atomic mass is 16.4. The highest BCUT2D eigenvalue weighted by Crippen LogP contribution is 2.25. The van der Waals surface area contributed by atoms with E-state index in [2.05, 4.69) is 26.2 Å². The smallest absolute Gasteiger partial charge is 0.308 e. The van der Waals surface area contributed by atoms with Gasteiger partial charge in [-0.2, -0.15) is 0 Å². The van der Waals surface area contributed by atoms with Crippen molar-refractivity contribution in [2.75, 3.05) is 23.7 Å². The van der Waals surface area contributed by atoms with E-state index in [9.17, 15) is 9.90 Å². The Hall–Kier alpha value is -4.78. The normalized spacial score (nSPS) is 15.2. The van der Waals surface area contributed by atoms with Gasteiger partial charge in [0.05, 0.1) is 35.7 Å². The van der Waals surface area contributed by atoms with Crippen molar-refractivity contribution in [1.82, 2.24) is 29.9 Å². The number of benzene rings is 1. The third-order valence-electron chi connectivity index (χ3n) is 5.85. The molecule has 1 aromatic carbocycles. The Kier molecular flexibility index (Phi) is 5.81. The molecule has 35 heavy (non-hydrogen) atoms. The van der Waals surface area contributed by atoms with Crippen LogP contribution in [0.5, 0.6) is 0 Å². The largest absolute Gasteiger partial charge is 0.481 e. The first-order chi connectivity index (χ1) is 17.0. The number of anilines is 2. The third kappa shape index (κ3) is 4.79. The summed E-state index contributed by atoms with van der Waals surface area (Å²) in [4.78, 5) is 26.6. The summed E-state index contributed by atoms with van der Waals surface area (Å²) in [6.07, 6.45) is 7.90. The number of carboxylic acid groups (broad SMARTS) is 1. The zero-order valence-corrected chi connectivity index (χ0v) is 18.7. The minimum atomic E-state index is -0.768. The summed E-state index contributed by atoms with van der Waals surface area (Å²) in [7, 11) is 0. The number of rotatable bonds is 6. The Morgan fingerprint density at radius 3 is 2.74 bits per heavy atom. The van der Waals surface area contributed by atoms with E-state index < -0.39 is 5.97 Å². The molecule has 4 aromatic rings. The molecule has 1 atom stereocenters. The molecule has 0 bridgehead atoms. The molecular weight excluding hydrogens is 444 g/mol. The van der Waals surface area contributed by atoms with Gasteiger partial charge in [-0.05, 0) is 36.8 Å². The lowest BCUT2D eigenvalue weighted by Crippen LogP contribution is -2.23. The van der Waals surface area contributed by atoms with Crippen molar-refractivity contribution >= 4 is 17.7 Å². The van der Waals surface area contributed by atoms with E-state index in [-0.39, 0.29) is 11.9 Å². The molecule has 1 aliphatic heterocycles. The van der Waals surface area contributed by atoms with Crippen LogP contribution >= 0.6 is 0 Å². The lowest BCUT2D eigenvalue weighted by atomic mass is 10.1. The van der Waals surface area contributed by atoms with Crippen molar-refractivity contribution < 1.29 is 9.90 Å². The Bertz CT molecular complexity index is 1440. The number of aromatic nitrogens is 6. The molecular formula is C25H22N8O2. The van der Waals surface area contributed by atoms with Gasteiger partial charge in [-0.15, -0.1) is 11.5 Å². The van der Waals surface area contributed by atoms with Crippen LogP contribution in [0.4, 0.5) is 11.8 Å². The molecule has 1 aliphatic rings. The molecule has 3 N–H and O–H groups in total. The number of nitrogens with two attached hydrogens (primary N) is 1. The van der Waals surface area contributed by atoms with Crippen molar-refractivity contribution in [3.8, 4) is 35.0 Å². The molecule has 10 nitrogen and oxygen atoms in total. The lowest BCUT2D eigenvalue weighted by molar-refractivity contribution is -0.140. The van der Waals surface area contributed by atoms with Crippen LogP contribution in [0.2, 0.25) is 0 Å². The second-order valence-electron chi connectivity index (χ2n) is 8.28. The highest BCUT2D eigenvalue weighted by molar-refractivity contribution is 5.72. The van der Waals surface area contributed by atoms with Crippen LogP contribution in [0.15, 0.2) is 54.7 Å². The fourth-order valence-electron chi connectivity index (χ4n) is 4.07. The summed E-state index contributed by atoms with van der Waals surface area (Å²) >= 11 is 0. The summed E-state index contributed by atoms with van der Waals surface area (Å²) in [5.41, 5.74) is 10.1. The van der Waals surface area contributed by atoms with Crippen molar-refractivity contribution in [1.29, 1.82) is 0 Å². The van der Waals surface area contributed by atoms with Crippen molar-refractivity contribution in [2.24, 2.45) is 5.92 Å². The van der Waals surface area contributed by atoms with Gasteiger partial charge in [0, 0.05) is 24.2 Å². The molecule has 174 valence electrons. The van der Waals surface area contributed by atoms with E-state index in [1.165, 1.54) is 0 Å². The van der Waals surface area contributed by atoms with E-state index in [4.69, 9.17) is 17.1 Å². The number of aliphatic carboxylic acids is 1. The molecule has 1 unspecified atom stereocenters. The molecule has 0 amide bonds. The lowest BCUT2D eigenvalue weighted by Gasteiger charge is -2.17. The second kappa shape index (κ2) is 9.23. The monoisotopic (exact) mass is 466 g/mol. The van der Waals surface area contributed by atoms with Crippen LogP contribution in [0.25, 0.3) is 22.6 Å². The topological polar surface area (TPSA) is 136 Å². The minimum absolute atomic E-state index is 0.123. The SMILES string of the molecule is C#Cc1cccc(-c2cc(-c3cn(Cc4cccc(N5CCC(C(=O)O)C5)n4)nn3)nc(N)n2)c1. The molecule has 1 fully saturated rings. The van der Waals surface area contributed by atoms with Crippen LogP contribution in [-0.4, -0.2) is 54.1 Å². The van der Waals surface area contributed by atoms with Gasteiger partial charge in [0.1, 0.15) is 11.5 Å². The number of carboxylic acids is 1. The summed E-state index contributed by atoms with van der Waals surface area (Å²) in [5.74, 6) is 2.37. The van der Waals surface area contributed by atoms with Gasteiger partial charge in [0.25, 0.3) is 0 Å². The Morgan fingerprint density at radius 2 is 1.94 bits per heavy atom. The van der Waals surface area contributed by atoms with Gasteiger partial charge in [0.2, 0.25) is 5.95 Å². The summed E-state index contributed by atoms with van der Waals surface area (Å²) in [6, 6.07) is 15.0. The molecule has 1 saturated heterocycles. The first-order valence-corrected chi connectivity index (χ1v) is 11.0. The molecule has 0 aliphatic carbocycles. The number of pyridine rings is 1. The fourth-order valence-corrected chi connectivity index (χ4v) is 4.07. The molecule has 5 rings (SSSR count). The van der Waals surface area contributed by atoms with Gasteiger partial charge in [-0.25, -0.2) is 19.6 Å². The average Bonchev–Trinajstić information content (AvgIpc) is 3.54. The van der Waals surface area contributed by atoms with Gasteiger partial charge in [-0.3, -0.25) is 4.79 Å². The number of carbonyl (C=O) groups is 1. The predicted octanol–water partition coefficient (Wildman–Crippen LogP) is 2.32. The first kappa shape index (κ1) is 22.0. The second-order valence-corrected chi connectivity index (χ2v) is 8.28.